The molecule has 10 heteroatoms. The van der Waals surface area contributed by atoms with E-state index in [-0.39, 0.29) is 22.9 Å². The van der Waals surface area contributed by atoms with Crippen molar-refractivity contribution in [3.63, 3.8) is 0 Å². The molecule has 2 aromatic heterocycles. The summed E-state index contributed by atoms with van der Waals surface area (Å²) in [4.78, 5) is 11.2. The highest BCUT2D eigenvalue weighted by Gasteiger charge is 2.16. The van der Waals surface area contributed by atoms with Crippen LogP contribution in [0.25, 0.3) is 21.5 Å². The summed E-state index contributed by atoms with van der Waals surface area (Å²) in [5.74, 6) is 0.0660. The first-order valence-corrected chi connectivity index (χ1v) is 15.2. The van der Waals surface area contributed by atoms with Crippen LogP contribution >= 0.6 is 0 Å². The highest BCUT2D eigenvalue weighted by Crippen LogP contribution is 2.41. The van der Waals surface area contributed by atoms with Gasteiger partial charge in [0.2, 0.25) is 0 Å². The van der Waals surface area contributed by atoms with Crippen molar-refractivity contribution in [2.45, 2.75) is 13.1 Å². The second-order valence-electron chi connectivity index (χ2n) is 11.1. The minimum atomic E-state index is -0.0559. The number of hydrogen-bond acceptors (Lipinski definition) is 10. The molecule has 0 saturated heterocycles. The van der Waals surface area contributed by atoms with Crippen molar-refractivity contribution in [1.82, 2.24) is 9.97 Å². The number of anilines is 1. The summed E-state index contributed by atoms with van der Waals surface area (Å²) >= 11 is 0. The van der Waals surface area contributed by atoms with Gasteiger partial charge in [-0.15, -0.1) is 15.3 Å². The number of fused-ring (bicyclic) bond motifs is 2. The molecule has 2 heterocycles. The maximum absolute atomic E-state index is 10.8. The lowest BCUT2D eigenvalue weighted by Crippen LogP contribution is -2.23. The third kappa shape index (κ3) is 6.49. The van der Waals surface area contributed by atoms with Gasteiger partial charge in [0.1, 0.15) is 34.3 Å². The Labute approximate surface area is 275 Å². The van der Waals surface area contributed by atoms with E-state index in [4.69, 9.17) is 0 Å². The van der Waals surface area contributed by atoms with Crippen LogP contribution in [0.5, 0.6) is 17.2 Å². The number of phenolic OH excluding ortho intramolecular Hbond substituents is 3. The van der Waals surface area contributed by atoms with Crippen molar-refractivity contribution in [3.8, 4) is 17.2 Å². The zero-order chi connectivity index (χ0) is 32.9. The van der Waals surface area contributed by atoms with Crippen LogP contribution in [0.3, 0.4) is 0 Å². The van der Waals surface area contributed by atoms with E-state index < -0.39 is 0 Å². The molecule has 3 N–H and O–H groups in total. The van der Waals surface area contributed by atoms with Gasteiger partial charge in [0.25, 0.3) is 0 Å². The molecule has 0 atom stereocenters. The lowest BCUT2D eigenvalue weighted by Gasteiger charge is -2.25. The normalized spacial score (nSPS) is 11.6. The Morgan fingerprint density at radius 3 is 1.83 bits per heavy atom. The number of azo groups is 2. The molecular weight excluding hydrogens is 602 g/mol. The number of rotatable bonds is 9. The van der Waals surface area contributed by atoms with E-state index in [1.165, 1.54) is 12.1 Å². The number of phenols is 3. The monoisotopic (exact) mass is 631 g/mol. The van der Waals surface area contributed by atoms with E-state index in [0.29, 0.717) is 40.9 Å². The largest absolute Gasteiger partial charge is 0.508 e. The summed E-state index contributed by atoms with van der Waals surface area (Å²) in [5.41, 5.74) is 3.96. The minimum Gasteiger partial charge on any atom is -0.508 e. The molecule has 234 valence electrons. The highest BCUT2D eigenvalue weighted by molar-refractivity contribution is 5.96. The van der Waals surface area contributed by atoms with Crippen LogP contribution < -0.4 is 4.90 Å². The van der Waals surface area contributed by atoms with Gasteiger partial charge in [-0.3, -0.25) is 9.97 Å². The summed E-state index contributed by atoms with van der Waals surface area (Å²) in [7, 11) is 0. The molecule has 0 amide bonds. The Kier molecular flexibility index (Phi) is 8.35. The summed E-state index contributed by atoms with van der Waals surface area (Å²) in [6.45, 7) is 0.896. The van der Waals surface area contributed by atoms with Gasteiger partial charge in [-0.05, 0) is 83.6 Å². The second-order valence-corrected chi connectivity index (χ2v) is 11.1. The van der Waals surface area contributed by atoms with E-state index in [1.807, 2.05) is 78.9 Å². The van der Waals surface area contributed by atoms with Crippen LogP contribution in [0.1, 0.15) is 11.4 Å². The summed E-state index contributed by atoms with van der Waals surface area (Å²) < 4.78 is 0. The molecule has 0 radical (unpaired) electrons. The van der Waals surface area contributed by atoms with Gasteiger partial charge >= 0.3 is 0 Å². The van der Waals surface area contributed by atoms with Gasteiger partial charge in [0, 0.05) is 23.2 Å². The van der Waals surface area contributed by atoms with Crippen LogP contribution in [0.2, 0.25) is 0 Å². The van der Waals surface area contributed by atoms with Crippen molar-refractivity contribution in [1.29, 1.82) is 0 Å². The SMILES string of the molecule is Oc1ccc2c(N=Nc3cc(N=Nc4c(O)ccc5ccccc45)ccc3N(Cc3ccccn3)Cc3ccccn3)c(O)ccc2c1. The maximum Gasteiger partial charge on any atom is 0.143 e. The molecule has 0 unspecified atom stereocenters. The zero-order valence-electron chi connectivity index (χ0n) is 25.6. The van der Waals surface area contributed by atoms with E-state index in [1.54, 1.807) is 42.7 Å². The van der Waals surface area contributed by atoms with Crippen LogP contribution in [0.4, 0.5) is 28.4 Å². The maximum atomic E-state index is 10.8. The predicted molar refractivity (Wildman–Crippen MR) is 186 cm³/mol. The van der Waals surface area contributed by atoms with Crippen LogP contribution in [-0.2, 0) is 13.1 Å². The van der Waals surface area contributed by atoms with Gasteiger partial charge in [0.05, 0.1) is 35.9 Å². The van der Waals surface area contributed by atoms with Gasteiger partial charge in [-0.1, -0.05) is 48.5 Å². The van der Waals surface area contributed by atoms with E-state index >= 15 is 0 Å². The van der Waals surface area contributed by atoms with Gasteiger partial charge < -0.3 is 20.2 Å². The lowest BCUT2D eigenvalue weighted by atomic mass is 10.1. The van der Waals surface area contributed by atoms with Crippen molar-refractivity contribution < 1.29 is 15.3 Å². The number of nitrogens with zero attached hydrogens (tertiary/aromatic N) is 7. The zero-order valence-corrected chi connectivity index (χ0v) is 25.6. The van der Waals surface area contributed by atoms with E-state index in [2.05, 4.69) is 35.3 Å². The number of hydrogen-bond donors (Lipinski definition) is 3. The Balaban J connectivity index is 1.35. The van der Waals surface area contributed by atoms with Gasteiger partial charge in [0.15, 0.2) is 0 Å². The van der Waals surface area contributed by atoms with Gasteiger partial charge in [-0.25, -0.2) is 0 Å². The molecule has 0 bridgehead atoms. The molecule has 0 fully saturated rings. The molecule has 0 spiro atoms. The average Bonchev–Trinajstić information content (AvgIpc) is 3.11. The quantitative estimate of drug-likeness (QED) is 0.136. The molecule has 48 heavy (non-hydrogen) atoms. The fourth-order valence-corrected chi connectivity index (χ4v) is 5.48. The number of benzene rings is 5. The lowest BCUT2D eigenvalue weighted by molar-refractivity contribution is 0.474. The third-order valence-electron chi connectivity index (χ3n) is 7.81. The third-order valence-corrected chi connectivity index (χ3v) is 7.81. The van der Waals surface area contributed by atoms with Crippen LogP contribution in [0, 0.1) is 0 Å². The number of aromatic hydroxyl groups is 3. The number of pyridine rings is 2. The first-order valence-electron chi connectivity index (χ1n) is 15.2. The summed E-state index contributed by atoms with van der Waals surface area (Å²) in [5, 5.41) is 52.6. The molecule has 0 saturated carbocycles. The van der Waals surface area contributed by atoms with Crippen molar-refractivity contribution in [2.75, 3.05) is 4.90 Å². The highest BCUT2D eigenvalue weighted by atomic mass is 16.3. The molecule has 7 aromatic rings. The molecular formula is C38H29N7O3. The molecule has 5 aromatic carbocycles. The Morgan fingerprint density at radius 2 is 1.15 bits per heavy atom. The number of aromatic nitrogens is 2. The average molecular weight is 632 g/mol. The standard InChI is InChI=1S/C38H29N7O3/c46-30-14-15-32-26(21-30)12-18-36(48)38(32)44-42-33-22-27(41-43-37-31-10-2-1-7-25(31)11-17-35(37)47)13-16-34(33)45(23-28-8-3-5-19-39-28)24-29-9-4-6-20-40-29/h1-22,46-48H,23-24H2. The molecule has 0 aliphatic carbocycles. The molecule has 0 aliphatic rings. The molecule has 7 rings (SSSR count). The summed E-state index contributed by atoms with van der Waals surface area (Å²) in [6, 6.07) is 36.1. The van der Waals surface area contributed by atoms with E-state index in [0.717, 1.165) is 27.8 Å². The fourth-order valence-electron chi connectivity index (χ4n) is 5.48. The Bertz CT molecular complexity index is 2250. The Morgan fingerprint density at radius 1 is 0.521 bits per heavy atom. The van der Waals surface area contributed by atoms with Crippen molar-refractivity contribution >= 4 is 50.0 Å². The summed E-state index contributed by atoms with van der Waals surface area (Å²) in [6.07, 6.45) is 3.50. The second kappa shape index (κ2) is 13.4. The first-order chi connectivity index (χ1) is 23.5. The first kappa shape index (κ1) is 30.0. The van der Waals surface area contributed by atoms with Crippen LogP contribution in [0.15, 0.2) is 154 Å². The predicted octanol–water partition coefficient (Wildman–Crippen LogP) is 9.94. The Hall–Kier alpha value is -6.68. The smallest absolute Gasteiger partial charge is 0.143 e. The van der Waals surface area contributed by atoms with Crippen LogP contribution in [-0.4, -0.2) is 25.3 Å². The topological polar surface area (TPSA) is 139 Å². The van der Waals surface area contributed by atoms with Crippen molar-refractivity contribution in [2.24, 2.45) is 20.5 Å². The molecule has 10 nitrogen and oxygen atoms in total. The van der Waals surface area contributed by atoms with Gasteiger partial charge in [-0.2, -0.15) is 5.11 Å². The van der Waals surface area contributed by atoms with Crippen molar-refractivity contribution in [3.05, 3.63) is 145 Å². The van der Waals surface area contributed by atoms with E-state index in [9.17, 15) is 15.3 Å². The molecule has 0 aliphatic heterocycles. The fraction of sp³-hybridized carbons (Fsp3) is 0.0526. The minimum absolute atomic E-state index is 0.0170.